The van der Waals surface area contributed by atoms with Crippen LogP contribution in [0.1, 0.15) is 13.8 Å². The molecule has 1 rings (SSSR count). The van der Waals surface area contributed by atoms with Crippen LogP contribution in [0, 0.1) is 0 Å². The summed E-state index contributed by atoms with van der Waals surface area (Å²) >= 11 is 3.93. The highest BCUT2D eigenvalue weighted by Crippen LogP contribution is 2.18. The molecule has 0 aromatic heterocycles. The molecule has 0 radical (unpaired) electrons. The molecule has 0 aromatic carbocycles. The minimum absolute atomic E-state index is 0.295. The summed E-state index contributed by atoms with van der Waals surface area (Å²) in [6, 6.07) is 0. The lowest BCUT2D eigenvalue weighted by atomic mass is 10.1. The largest absolute Gasteiger partial charge is 0.409 e. The van der Waals surface area contributed by atoms with Crippen LogP contribution in [0.5, 0.6) is 0 Å². The molecule has 56 valence electrons. The fourth-order valence-corrected chi connectivity index (χ4v) is 0.815. The van der Waals surface area contributed by atoms with Gasteiger partial charge in [-0.15, -0.1) is 0 Å². The van der Waals surface area contributed by atoms with Gasteiger partial charge in [-0.2, -0.15) is 12.6 Å². The number of thiol groups is 1. The second kappa shape index (κ2) is 2.27. The molecule has 0 N–H and O–H groups in total. The number of aliphatic imine (C=N–C) groups is 1. The van der Waals surface area contributed by atoms with Crippen LogP contribution < -0.4 is 0 Å². The molecule has 0 saturated carbocycles. The topological polar surface area (TPSA) is 38.7 Å². The summed E-state index contributed by atoms with van der Waals surface area (Å²) in [7, 11) is 0. The van der Waals surface area contributed by atoms with E-state index in [2.05, 4.69) is 17.6 Å². The third-order valence-electron chi connectivity index (χ3n) is 1.25. The van der Waals surface area contributed by atoms with Gasteiger partial charge in [0.25, 0.3) is 0 Å². The Morgan fingerprint density at radius 3 is 2.50 bits per heavy atom. The van der Waals surface area contributed by atoms with E-state index in [1.165, 1.54) is 0 Å². The molecule has 0 atom stereocenters. The standard InChI is InChI=1S/C6H9NO2S/c1-6(2)5(8)9-4(3-10)7-6/h10H,3H2,1-2H3. The van der Waals surface area contributed by atoms with Crippen molar-refractivity contribution >= 4 is 24.5 Å². The van der Waals surface area contributed by atoms with Crippen LogP contribution >= 0.6 is 12.6 Å². The van der Waals surface area contributed by atoms with Gasteiger partial charge in [0, 0.05) is 0 Å². The highest BCUT2D eigenvalue weighted by Gasteiger charge is 2.36. The SMILES string of the molecule is CC1(C)N=C(CS)OC1=O. The van der Waals surface area contributed by atoms with Crippen LogP contribution in [0.2, 0.25) is 0 Å². The molecule has 0 spiro atoms. The first-order valence-electron chi connectivity index (χ1n) is 2.98. The van der Waals surface area contributed by atoms with Crippen LogP contribution in [0.3, 0.4) is 0 Å². The van der Waals surface area contributed by atoms with E-state index in [9.17, 15) is 4.79 Å². The smallest absolute Gasteiger partial charge is 0.340 e. The van der Waals surface area contributed by atoms with Crippen molar-refractivity contribution in [1.82, 2.24) is 0 Å². The van der Waals surface area contributed by atoms with Crippen molar-refractivity contribution in [3.05, 3.63) is 0 Å². The fourth-order valence-electron chi connectivity index (χ4n) is 0.680. The summed E-state index contributed by atoms with van der Waals surface area (Å²) in [5.74, 6) is 0.504. The van der Waals surface area contributed by atoms with Crippen molar-refractivity contribution in [3.63, 3.8) is 0 Å². The molecule has 0 aliphatic carbocycles. The quantitative estimate of drug-likeness (QED) is 0.450. The second-order valence-corrected chi connectivity index (χ2v) is 2.93. The number of cyclic esters (lactones) is 1. The van der Waals surface area contributed by atoms with Gasteiger partial charge < -0.3 is 4.74 Å². The number of ether oxygens (including phenoxy) is 1. The minimum atomic E-state index is -0.696. The molecular formula is C6H9NO2S. The Bertz CT molecular complexity index is 198. The third-order valence-corrected chi connectivity index (χ3v) is 1.52. The van der Waals surface area contributed by atoms with Gasteiger partial charge in [0.1, 0.15) is 0 Å². The average Bonchev–Trinajstić information content (AvgIpc) is 2.08. The molecule has 1 heterocycles. The Morgan fingerprint density at radius 1 is 1.70 bits per heavy atom. The van der Waals surface area contributed by atoms with Crippen molar-refractivity contribution < 1.29 is 9.53 Å². The molecule has 1 aliphatic heterocycles. The third kappa shape index (κ3) is 1.16. The van der Waals surface area contributed by atoms with E-state index in [1.54, 1.807) is 13.8 Å². The van der Waals surface area contributed by atoms with E-state index >= 15 is 0 Å². The normalized spacial score (nSPS) is 22.3. The van der Waals surface area contributed by atoms with Gasteiger partial charge in [-0.3, -0.25) is 0 Å². The summed E-state index contributed by atoms with van der Waals surface area (Å²) in [5.41, 5.74) is -0.696. The van der Waals surface area contributed by atoms with Gasteiger partial charge in [0.15, 0.2) is 5.54 Å². The monoisotopic (exact) mass is 159 g/mol. The first-order valence-corrected chi connectivity index (χ1v) is 3.61. The Hall–Kier alpha value is -0.510. The molecule has 0 aromatic rings. The van der Waals surface area contributed by atoms with E-state index in [0.29, 0.717) is 11.7 Å². The van der Waals surface area contributed by atoms with Gasteiger partial charge in [-0.25, -0.2) is 9.79 Å². The number of carbonyl (C=O) groups is 1. The number of hydrogen-bond acceptors (Lipinski definition) is 4. The summed E-state index contributed by atoms with van der Waals surface area (Å²) in [5, 5.41) is 0. The van der Waals surface area contributed by atoms with E-state index in [4.69, 9.17) is 4.74 Å². The number of carbonyl (C=O) groups excluding carboxylic acids is 1. The molecule has 0 unspecified atom stereocenters. The fraction of sp³-hybridized carbons (Fsp3) is 0.667. The Balaban J connectivity index is 2.81. The second-order valence-electron chi connectivity index (χ2n) is 2.61. The molecule has 0 bridgehead atoms. The number of hydrogen-bond donors (Lipinski definition) is 1. The van der Waals surface area contributed by atoms with Crippen LogP contribution in [-0.2, 0) is 9.53 Å². The molecule has 0 saturated heterocycles. The van der Waals surface area contributed by atoms with Gasteiger partial charge in [-0.1, -0.05) is 0 Å². The molecule has 0 amide bonds. The number of nitrogens with zero attached hydrogens (tertiary/aromatic N) is 1. The highest BCUT2D eigenvalue weighted by molar-refractivity contribution is 7.81. The molecule has 3 nitrogen and oxygen atoms in total. The highest BCUT2D eigenvalue weighted by atomic mass is 32.1. The van der Waals surface area contributed by atoms with Crippen LogP contribution in [0.4, 0.5) is 0 Å². The van der Waals surface area contributed by atoms with Crippen molar-refractivity contribution in [2.24, 2.45) is 4.99 Å². The van der Waals surface area contributed by atoms with E-state index in [1.807, 2.05) is 0 Å². The lowest BCUT2D eigenvalue weighted by molar-refractivity contribution is -0.137. The van der Waals surface area contributed by atoms with Crippen LogP contribution in [0.15, 0.2) is 4.99 Å². The zero-order valence-electron chi connectivity index (χ0n) is 5.92. The lowest BCUT2D eigenvalue weighted by Gasteiger charge is -2.05. The van der Waals surface area contributed by atoms with Crippen LogP contribution in [-0.4, -0.2) is 23.2 Å². The maximum atomic E-state index is 10.9. The zero-order chi connectivity index (χ0) is 7.78. The summed E-state index contributed by atoms with van der Waals surface area (Å²) in [4.78, 5) is 14.9. The van der Waals surface area contributed by atoms with E-state index in [0.717, 1.165) is 0 Å². The van der Waals surface area contributed by atoms with Crippen molar-refractivity contribution in [3.8, 4) is 0 Å². The van der Waals surface area contributed by atoms with Gasteiger partial charge >= 0.3 is 5.97 Å². The molecule has 0 fully saturated rings. The predicted molar refractivity (Wildman–Crippen MR) is 41.5 cm³/mol. The molecule has 1 aliphatic rings. The molecule has 4 heteroatoms. The van der Waals surface area contributed by atoms with Crippen molar-refractivity contribution in [2.45, 2.75) is 19.4 Å². The first-order chi connectivity index (χ1) is 4.56. The van der Waals surface area contributed by atoms with Crippen molar-refractivity contribution in [2.75, 3.05) is 5.75 Å². The van der Waals surface area contributed by atoms with Crippen LogP contribution in [0.25, 0.3) is 0 Å². The van der Waals surface area contributed by atoms with Gasteiger partial charge in [0.2, 0.25) is 5.90 Å². The lowest BCUT2D eigenvalue weighted by Crippen LogP contribution is -2.25. The van der Waals surface area contributed by atoms with Crippen molar-refractivity contribution in [1.29, 1.82) is 0 Å². The van der Waals surface area contributed by atoms with E-state index < -0.39 is 5.54 Å². The summed E-state index contributed by atoms with van der Waals surface area (Å²) < 4.78 is 4.76. The average molecular weight is 159 g/mol. The number of esters is 1. The Kier molecular flexibility index (Phi) is 1.72. The summed E-state index contributed by atoms with van der Waals surface area (Å²) in [6.07, 6.45) is 0. The summed E-state index contributed by atoms with van der Waals surface area (Å²) in [6.45, 7) is 3.43. The predicted octanol–water partition coefficient (Wildman–Crippen LogP) is 0.650. The molecule has 10 heavy (non-hydrogen) atoms. The van der Waals surface area contributed by atoms with Gasteiger partial charge in [-0.05, 0) is 13.8 Å². The molecular weight excluding hydrogens is 150 g/mol. The minimum Gasteiger partial charge on any atom is -0.409 e. The maximum absolute atomic E-state index is 10.9. The Labute approximate surface area is 64.9 Å². The first kappa shape index (κ1) is 7.60. The Morgan fingerprint density at radius 2 is 2.30 bits per heavy atom. The van der Waals surface area contributed by atoms with E-state index in [-0.39, 0.29) is 5.97 Å². The maximum Gasteiger partial charge on any atom is 0.340 e. The van der Waals surface area contributed by atoms with Gasteiger partial charge in [0.05, 0.1) is 5.75 Å². The zero-order valence-corrected chi connectivity index (χ0v) is 6.81. The number of rotatable bonds is 1.